The van der Waals surface area contributed by atoms with Gasteiger partial charge in [0.25, 0.3) is 0 Å². The first-order valence-corrected chi connectivity index (χ1v) is 7.42. The maximum atomic E-state index is 4.63. The average molecular weight is 280 g/mol. The summed E-state index contributed by atoms with van der Waals surface area (Å²) in [5.74, 6) is 1.04. The molecule has 1 aromatic carbocycles. The van der Waals surface area contributed by atoms with E-state index >= 15 is 0 Å². The summed E-state index contributed by atoms with van der Waals surface area (Å²) in [6.07, 6.45) is 5.60. The van der Waals surface area contributed by atoms with Crippen molar-refractivity contribution in [3.05, 3.63) is 59.7 Å². The van der Waals surface area contributed by atoms with Gasteiger partial charge in [0.15, 0.2) is 0 Å². The minimum absolute atomic E-state index is 0.864. The van der Waals surface area contributed by atoms with E-state index in [1.807, 2.05) is 24.5 Å². The summed E-state index contributed by atoms with van der Waals surface area (Å²) in [4.78, 5) is 12.1. The standard InChI is InChI=1S/C17H20N4/c1-2-13-3-4-15-16(11-13)21-17(20-15)7-10-19-12-14-5-8-18-9-6-14/h3-6,8-9,11,19H,2,7,10,12H2,1H3,(H,20,21). The van der Waals surface area contributed by atoms with Gasteiger partial charge in [0.2, 0.25) is 0 Å². The van der Waals surface area contributed by atoms with E-state index in [0.717, 1.165) is 42.8 Å². The van der Waals surface area contributed by atoms with Crippen molar-refractivity contribution in [1.29, 1.82) is 0 Å². The normalized spacial score (nSPS) is 11.1. The minimum Gasteiger partial charge on any atom is -0.342 e. The number of fused-ring (bicyclic) bond motifs is 1. The quantitative estimate of drug-likeness (QED) is 0.683. The fourth-order valence-corrected chi connectivity index (χ4v) is 2.39. The predicted molar refractivity (Wildman–Crippen MR) is 85.1 cm³/mol. The molecule has 0 amide bonds. The van der Waals surface area contributed by atoms with Gasteiger partial charge >= 0.3 is 0 Å². The first-order chi connectivity index (χ1) is 10.3. The molecule has 0 radical (unpaired) electrons. The molecule has 4 nitrogen and oxygen atoms in total. The molecule has 0 aliphatic carbocycles. The van der Waals surface area contributed by atoms with Gasteiger partial charge in [-0.25, -0.2) is 4.98 Å². The summed E-state index contributed by atoms with van der Waals surface area (Å²) in [6.45, 7) is 3.94. The molecule has 4 heteroatoms. The number of pyridine rings is 1. The predicted octanol–water partition coefficient (Wildman–Crippen LogP) is 2.85. The zero-order valence-corrected chi connectivity index (χ0v) is 12.3. The van der Waals surface area contributed by atoms with E-state index in [1.165, 1.54) is 11.1 Å². The molecular formula is C17H20N4. The van der Waals surface area contributed by atoms with E-state index in [0.29, 0.717) is 0 Å². The van der Waals surface area contributed by atoms with Crippen molar-refractivity contribution in [3.8, 4) is 0 Å². The maximum absolute atomic E-state index is 4.63. The number of hydrogen-bond acceptors (Lipinski definition) is 3. The Balaban J connectivity index is 1.55. The lowest BCUT2D eigenvalue weighted by Crippen LogP contribution is -2.17. The number of imidazole rings is 1. The van der Waals surface area contributed by atoms with E-state index in [4.69, 9.17) is 0 Å². The molecule has 3 rings (SSSR count). The van der Waals surface area contributed by atoms with Crippen LogP contribution in [-0.4, -0.2) is 21.5 Å². The van der Waals surface area contributed by atoms with Crippen LogP contribution in [0.1, 0.15) is 23.9 Å². The van der Waals surface area contributed by atoms with Gasteiger partial charge in [0.1, 0.15) is 5.82 Å². The Morgan fingerprint density at radius 3 is 2.76 bits per heavy atom. The Hall–Kier alpha value is -2.20. The zero-order valence-electron chi connectivity index (χ0n) is 12.3. The van der Waals surface area contributed by atoms with Gasteiger partial charge in [0.05, 0.1) is 11.0 Å². The number of hydrogen-bond donors (Lipinski definition) is 2. The minimum atomic E-state index is 0.864. The monoisotopic (exact) mass is 280 g/mol. The third-order valence-electron chi connectivity index (χ3n) is 3.62. The highest BCUT2D eigenvalue weighted by Gasteiger charge is 2.03. The maximum Gasteiger partial charge on any atom is 0.108 e. The third-order valence-corrected chi connectivity index (χ3v) is 3.62. The molecule has 0 aliphatic heterocycles. The van der Waals surface area contributed by atoms with Crippen molar-refractivity contribution < 1.29 is 0 Å². The molecular weight excluding hydrogens is 260 g/mol. The van der Waals surface area contributed by atoms with Gasteiger partial charge < -0.3 is 10.3 Å². The Labute approximate surface area is 124 Å². The topological polar surface area (TPSA) is 53.6 Å². The second kappa shape index (κ2) is 6.50. The molecule has 0 bridgehead atoms. The van der Waals surface area contributed by atoms with Crippen molar-refractivity contribution >= 4 is 11.0 Å². The van der Waals surface area contributed by atoms with Gasteiger partial charge in [-0.1, -0.05) is 13.0 Å². The first-order valence-electron chi connectivity index (χ1n) is 7.42. The molecule has 2 aromatic heterocycles. The summed E-state index contributed by atoms with van der Waals surface area (Å²) < 4.78 is 0. The molecule has 0 fully saturated rings. The van der Waals surface area contributed by atoms with E-state index in [-0.39, 0.29) is 0 Å². The number of H-pyrrole nitrogens is 1. The lowest BCUT2D eigenvalue weighted by molar-refractivity contribution is 0.674. The van der Waals surface area contributed by atoms with Crippen LogP contribution in [0.2, 0.25) is 0 Å². The van der Waals surface area contributed by atoms with E-state index < -0.39 is 0 Å². The van der Waals surface area contributed by atoms with Crippen molar-refractivity contribution in [3.63, 3.8) is 0 Å². The lowest BCUT2D eigenvalue weighted by Gasteiger charge is -2.02. The molecule has 0 aliphatic rings. The number of nitrogens with one attached hydrogen (secondary N) is 2. The Kier molecular flexibility index (Phi) is 4.26. The molecule has 21 heavy (non-hydrogen) atoms. The highest BCUT2D eigenvalue weighted by molar-refractivity contribution is 5.75. The Morgan fingerprint density at radius 2 is 1.95 bits per heavy atom. The van der Waals surface area contributed by atoms with E-state index in [1.54, 1.807) is 0 Å². The number of rotatable bonds is 6. The lowest BCUT2D eigenvalue weighted by atomic mass is 10.1. The number of nitrogens with zero attached hydrogens (tertiary/aromatic N) is 2. The van der Waals surface area contributed by atoms with Crippen LogP contribution >= 0.6 is 0 Å². The third kappa shape index (κ3) is 3.47. The van der Waals surface area contributed by atoms with Crippen molar-refractivity contribution in [2.24, 2.45) is 0 Å². The van der Waals surface area contributed by atoms with Gasteiger partial charge in [-0.3, -0.25) is 4.98 Å². The summed E-state index contributed by atoms with van der Waals surface area (Å²) in [5, 5.41) is 3.43. The summed E-state index contributed by atoms with van der Waals surface area (Å²) in [6, 6.07) is 10.5. The second-order valence-corrected chi connectivity index (χ2v) is 5.17. The Bertz CT molecular complexity index is 703. The van der Waals surface area contributed by atoms with Crippen LogP contribution in [0.3, 0.4) is 0 Å². The van der Waals surface area contributed by atoms with Crippen molar-refractivity contribution in [2.45, 2.75) is 26.3 Å². The SMILES string of the molecule is CCc1ccc2nc(CCNCc3ccncc3)[nH]c2c1. The van der Waals surface area contributed by atoms with Gasteiger partial charge in [0, 0.05) is 31.9 Å². The molecule has 0 unspecified atom stereocenters. The van der Waals surface area contributed by atoms with Gasteiger partial charge in [-0.2, -0.15) is 0 Å². The number of aromatic amines is 1. The molecule has 0 saturated heterocycles. The Morgan fingerprint density at radius 1 is 1.10 bits per heavy atom. The van der Waals surface area contributed by atoms with Crippen LogP contribution < -0.4 is 5.32 Å². The highest BCUT2D eigenvalue weighted by Crippen LogP contribution is 2.14. The van der Waals surface area contributed by atoms with E-state index in [9.17, 15) is 0 Å². The highest BCUT2D eigenvalue weighted by atomic mass is 14.9. The van der Waals surface area contributed by atoms with Gasteiger partial charge in [-0.05, 0) is 41.8 Å². The smallest absolute Gasteiger partial charge is 0.108 e. The van der Waals surface area contributed by atoms with Crippen LogP contribution in [0.5, 0.6) is 0 Å². The summed E-state index contributed by atoms with van der Waals surface area (Å²) >= 11 is 0. The van der Waals surface area contributed by atoms with Crippen molar-refractivity contribution in [2.75, 3.05) is 6.54 Å². The number of benzene rings is 1. The molecule has 2 N–H and O–H groups in total. The van der Waals surface area contributed by atoms with Crippen LogP contribution in [0.4, 0.5) is 0 Å². The largest absolute Gasteiger partial charge is 0.342 e. The fourth-order valence-electron chi connectivity index (χ4n) is 2.39. The van der Waals surface area contributed by atoms with E-state index in [2.05, 4.69) is 45.4 Å². The number of aryl methyl sites for hydroxylation is 1. The molecule has 0 saturated carbocycles. The van der Waals surface area contributed by atoms with Crippen molar-refractivity contribution in [1.82, 2.24) is 20.3 Å². The molecule has 3 aromatic rings. The van der Waals surface area contributed by atoms with Crippen LogP contribution in [0.25, 0.3) is 11.0 Å². The summed E-state index contributed by atoms with van der Waals surface area (Å²) in [5.41, 5.74) is 4.78. The first kappa shape index (κ1) is 13.8. The molecule has 0 atom stereocenters. The number of aromatic nitrogens is 3. The fraction of sp³-hybridized carbons (Fsp3) is 0.294. The average Bonchev–Trinajstić information content (AvgIpc) is 2.94. The van der Waals surface area contributed by atoms with Crippen LogP contribution in [0, 0.1) is 0 Å². The molecule has 0 spiro atoms. The molecule has 2 heterocycles. The summed E-state index contributed by atoms with van der Waals surface area (Å²) in [7, 11) is 0. The van der Waals surface area contributed by atoms with Crippen LogP contribution in [-0.2, 0) is 19.4 Å². The van der Waals surface area contributed by atoms with Crippen LogP contribution in [0.15, 0.2) is 42.7 Å². The zero-order chi connectivity index (χ0) is 14.5. The molecule has 108 valence electrons. The second-order valence-electron chi connectivity index (χ2n) is 5.17. The van der Waals surface area contributed by atoms with Gasteiger partial charge in [-0.15, -0.1) is 0 Å².